The first-order chi connectivity index (χ1) is 15.1. The lowest BCUT2D eigenvalue weighted by atomic mass is 10.1. The highest BCUT2D eigenvalue weighted by Gasteiger charge is 2.22. The molecule has 0 saturated carbocycles. The number of hydrogen-bond donors (Lipinski definition) is 2. The number of anilines is 2. The fourth-order valence-electron chi connectivity index (χ4n) is 3.13. The third-order valence-corrected chi connectivity index (χ3v) is 6.29. The average Bonchev–Trinajstić information content (AvgIpc) is 2.72. The predicted octanol–water partition coefficient (Wildman–Crippen LogP) is 5.08. The van der Waals surface area contributed by atoms with Crippen LogP contribution >= 0.6 is 0 Å². The smallest absolute Gasteiger partial charge is 0.279 e. The van der Waals surface area contributed by atoms with E-state index in [2.05, 4.69) is 15.2 Å². The number of hydrazone groups is 1. The number of aryl methyl sites for hydroxylation is 4. The molecule has 0 radical (unpaired) electrons. The summed E-state index contributed by atoms with van der Waals surface area (Å²) in [7, 11) is -4.02. The lowest BCUT2D eigenvalue weighted by Crippen LogP contribution is -2.14. The molecule has 0 aliphatic carbocycles. The van der Waals surface area contributed by atoms with Crippen molar-refractivity contribution in [1.29, 1.82) is 0 Å². The van der Waals surface area contributed by atoms with Gasteiger partial charge in [-0.25, -0.2) is 8.42 Å². The minimum atomic E-state index is -4.02. The molecule has 3 aromatic rings. The number of nitro groups is 1. The van der Waals surface area contributed by atoms with Gasteiger partial charge in [-0.2, -0.15) is 5.10 Å². The topological polar surface area (TPSA) is 114 Å². The molecular weight excluding hydrogens is 428 g/mol. The Morgan fingerprint density at radius 3 is 2.22 bits per heavy atom. The fraction of sp³-hybridized carbons (Fsp3) is 0.174. The molecule has 0 aliphatic heterocycles. The lowest BCUT2D eigenvalue weighted by molar-refractivity contribution is -0.384. The summed E-state index contributed by atoms with van der Waals surface area (Å²) in [5.74, 6) is 0. The quantitative estimate of drug-likeness (QED) is 0.295. The Morgan fingerprint density at radius 1 is 0.875 bits per heavy atom. The summed E-state index contributed by atoms with van der Waals surface area (Å²) < 4.78 is 28.1. The van der Waals surface area contributed by atoms with Crippen LogP contribution in [0.25, 0.3) is 0 Å². The van der Waals surface area contributed by atoms with Crippen LogP contribution in [-0.4, -0.2) is 19.6 Å². The molecule has 0 atom stereocenters. The molecule has 0 heterocycles. The van der Waals surface area contributed by atoms with Crippen molar-refractivity contribution in [3.8, 4) is 0 Å². The molecule has 8 nitrogen and oxygen atoms in total. The van der Waals surface area contributed by atoms with E-state index < -0.39 is 20.6 Å². The van der Waals surface area contributed by atoms with Crippen molar-refractivity contribution in [2.45, 2.75) is 32.6 Å². The van der Waals surface area contributed by atoms with E-state index in [1.54, 1.807) is 25.3 Å². The van der Waals surface area contributed by atoms with Crippen LogP contribution < -0.4 is 10.1 Å². The monoisotopic (exact) mass is 452 g/mol. The summed E-state index contributed by atoms with van der Waals surface area (Å²) >= 11 is 0. The Bertz CT molecular complexity index is 1320. The van der Waals surface area contributed by atoms with Crippen LogP contribution in [0.15, 0.2) is 64.6 Å². The number of rotatable bonds is 7. The number of nitrogens with zero attached hydrogens (tertiary/aromatic N) is 2. The van der Waals surface area contributed by atoms with Crippen LogP contribution in [0, 0.1) is 37.8 Å². The Hall–Kier alpha value is -3.72. The highest BCUT2D eigenvalue weighted by Crippen LogP contribution is 2.29. The molecule has 0 aromatic heterocycles. The van der Waals surface area contributed by atoms with Crippen LogP contribution in [0.2, 0.25) is 0 Å². The number of benzene rings is 3. The van der Waals surface area contributed by atoms with Crippen molar-refractivity contribution in [2.75, 3.05) is 10.1 Å². The van der Waals surface area contributed by atoms with Gasteiger partial charge in [0.25, 0.3) is 15.7 Å². The zero-order chi connectivity index (χ0) is 23.5. The SMILES string of the molecule is Cc1ccc(NS(=O)(=O)c2ccc(N/N=C/c3cc(C)ccc3C)c([N+](=O)[O-])c2)c(C)c1. The molecule has 166 valence electrons. The van der Waals surface area contributed by atoms with E-state index >= 15 is 0 Å². The Balaban J connectivity index is 1.87. The molecule has 32 heavy (non-hydrogen) atoms. The molecule has 2 N–H and O–H groups in total. The van der Waals surface area contributed by atoms with E-state index in [0.29, 0.717) is 5.69 Å². The molecule has 0 unspecified atom stereocenters. The summed E-state index contributed by atoms with van der Waals surface area (Å²) in [6.45, 7) is 7.59. The molecule has 9 heteroatoms. The second-order valence-electron chi connectivity index (χ2n) is 7.59. The summed E-state index contributed by atoms with van der Waals surface area (Å²) in [4.78, 5) is 10.7. The Kier molecular flexibility index (Phi) is 6.59. The van der Waals surface area contributed by atoms with Crippen molar-refractivity contribution in [1.82, 2.24) is 0 Å². The zero-order valence-corrected chi connectivity index (χ0v) is 19.0. The summed E-state index contributed by atoms with van der Waals surface area (Å²) in [6, 6.07) is 14.8. The highest BCUT2D eigenvalue weighted by atomic mass is 32.2. The van der Waals surface area contributed by atoms with Gasteiger partial charge in [-0.15, -0.1) is 0 Å². The van der Waals surface area contributed by atoms with E-state index in [1.165, 1.54) is 12.1 Å². The Labute approximate surface area is 187 Å². The standard InChI is InChI=1S/C23H24N4O4S/c1-15-6-9-21(18(4)11-15)26-32(30,31)20-8-10-22(23(13-20)27(28)29)25-24-14-19-12-16(2)5-7-17(19)3/h5-14,25-26H,1-4H3/b24-14+. The number of nitro benzene ring substituents is 1. The first-order valence-electron chi connectivity index (χ1n) is 9.81. The van der Waals surface area contributed by atoms with Crippen molar-refractivity contribution >= 4 is 33.3 Å². The third kappa shape index (κ3) is 5.30. The molecule has 3 rings (SSSR count). The second-order valence-corrected chi connectivity index (χ2v) is 9.27. The van der Waals surface area contributed by atoms with Crippen molar-refractivity contribution in [3.63, 3.8) is 0 Å². The van der Waals surface area contributed by atoms with Gasteiger partial charge in [0.15, 0.2) is 0 Å². The highest BCUT2D eigenvalue weighted by molar-refractivity contribution is 7.92. The molecule has 0 bridgehead atoms. The van der Waals surface area contributed by atoms with Gasteiger partial charge in [0.2, 0.25) is 0 Å². The van der Waals surface area contributed by atoms with Gasteiger partial charge in [-0.3, -0.25) is 20.3 Å². The van der Waals surface area contributed by atoms with Crippen LogP contribution in [0.3, 0.4) is 0 Å². The molecule has 0 amide bonds. The molecule has 0 aliphatic rings. The fourth-order valence-corrected chi connectivity index (χ4v) is 4.28. The van der Waals surface area contributed by atoms with E-state index in [-0.39, 0.29) is 10.6 Å². The number of nitrogens with one attached hydrogen (secondary N) is 2. The normalized spacial score (nSPS) is 11.5. The summed E-state index contributed by atoms with van der Waals surface area (Å²) in [5.41, 5.74) is 7.44. The van der Waals surface area contributed by atoms with Gasteiger partial charge >= 0.3 is 0 Å². The third-order valence-electron chi connectivity index (χ3n) is 4.93. The molecular formula is C23H24N4O4S. The van der Waals surface area contributed by atoms with Crippen LogP contribution in [0.1, 0.15) is 27.8 Å². The van der Waals surface area contributed by atoms with E-state index in [0.717, 1.165) is 33.9 Å². The minimum Gasteiger partial charge on any atom is -0.279 e. The maximum absolute atomic E-state index is 12.8. The Morgan fingerprint density at radius 2 is 1.53 bits per heavy atom. The van der Waals surface area contributed by atoms with Gasteiger partial charge < -0.3 is 0 Å². The minimum absolute atomic E-state index is 0.0852. The molecule has 3 aromatic carbocycles. The first-order valence-corrected chi connectivity index (χ1v) is 11.3. The van der Waals surface area contributed by atoms with Crippen molar-refractivity contribution in [3.05, 3.63) is 92.5 Å². The van der Waals surface area contributed by atoms with Crippen LogP contribution in [0.4, 0.5) is 17.1 Å². The largest absolute Gasteiger partial charge is 0.295 e. The van der Waals surface area contributed by atoms with E-state index in [1.807, 2.05) is 45.0 Å². The summed E-state index contributed by atoms with van der Waals surface area (Å²) in [6.07, 6.45) is 1.57. The van der Waals surface area contributed by atoms with Crippen LogP contribution in [0.5, 0.6) is 0 Å². The van der Waals surface area contributed by atoms with Gasteiger partial charge in [-0.05, 0) is 62.6 Å². The van der Waals surface area contributed by atoms with Gasteiger partial charge in [-0.1, -0.05) is 41.5 Å². The summed E-state index contributed by atoms with van der Waals surface area (Å²) in [5, 5.41) is 15.7. The zero-order valence-electron chi connectivity index (χ0n) is 18.2. The van der Waals surface area contributed by atoms with Gasteiger partial charge in [0, 0.05) is 6.07 Å². The van der Waals surface area contributed by atoms with Crippen molar-refractivity contribution < 1.29 is 13.3 Å². The molecule has 0 saturated heterocycles. The average molecular weight is 453 g/mol. The van der Waals surface area contributed by atoms with Crippen molar-refractivity contribution in [2.24, 2.45) is 5.10 Å². The second kappa shape index (κ2) is 9.19. The first kappa shape index (κ1) is 23.0. The number of hydrogen-bond acceptors (Lipinski definition) is 6. The predicted molar refractivity (Wildman–Crippen MR) is 127 cm³/mol. The number of sulfonamides is 1. The molecule has 0 fully saturated rings. The van der Waals surface area contributed by atoms with E-state index in [4.69, 9.17) is 0 Å². The lowest BCUT2D eigenvalue weighted by Gasteiger charge is -2.12. The van der Waals surface area contributed by atoms with Gasteiger partial charge in [0.05, 0.1) is 21.7 Å². The maximum atomic E-state index is 12.8. The maximum Gasteiger partial charge on any atom is 0.295 e. The van der Waals surface area contributed by atoms with Crippen LogP contribution in [-0.2, 0) is 10.0 Å². The van der Waals surface area contributed by atoms with Gasteiger partial charge in [0.1, 0.15) is 5.69 Å². The van der Waals surface area contributed by atoms with E-state index in [9.17, 15) is 18.5 Å². The molecule has 0 spiro atoms.